The van der Waals surface area contributed by atoms with Crippen molar-refractivity contribution in [3.63, 3.8) is 0 Å². The zero-order valence-electron chi connectivity index (χ0n) is 16.9. The van der Waals surface area contributed by atoms with Crippen LogP contribution in [0.2, 0.25) is 0 Å². The van der Waals surface area contributed by atoms with Gasteiger partial charge in [0.1, 0.15) is 22.3 Å². The SMILES string of the molecule is CCOc1ccc(-c2nc(C(=O)N3CCCN(c4ccc(F)cc4)CC3)cs2)cc1. The molecule has 0 spiro atoms. The molecule has 2 heterocycles. The number of benzene rings is 2. The molecule has 1 aromatic heterocycles. The zero-order valence-corrected chi connectivity index (χ0v) is 17.7. The van der Waals surface area contributed by atoms with Gasteiger partial charge in [0.15, 0.2) is 0 Å². The summed E-state index contributed by atoms with van der Waals surface area (Å²) in [7, 11) is 0. The Labute approximate surface area is 179 Å². The molecule has 1 aliphatic rings. The van der Waals surface area contributed by atoms with Crippen molar-refractivity contribution in [2.75, 3.05) is 37.7 Å². The molecule has 0 saturated carbocycles. The van der Waals surface area contributed by atoms with E-state index in [1.165, 1.54) is 23.5 Å². The first-order chi connectivity index (χ1) is 14.6. The monoisotopic (exact) mass is 425 g/mol. The molecule has 0 atom stereocenters. The molecule has 3 aromatic rings. The summed E-state index contributed by atoms with van der Waals surface area (Å²) in [5.41, 5.74) is 2.44. The quantitative estimate of drug-likeness (QED) is 0.594. The number of anilines is 1. The molecule has 0 unspecified atom stereocenters. The average Bonchev–Trinajstić information content (AvgIpc) is 3.13. The van der Waals surface area contributed by atoms with Gasteiger partial charge < -0.3 is 14.5 Å². The van der Waals surface area contributed by atoms with Crippen molar-refractivity contribution < 1.29 is 13.9 Å². The van der Waals surface area contributed by atoms with E-state index in [2.05, 4.69) is 9.88 Å². The van der Waals surface area contributed by atoms with E-state index in [4.69, 9.17) is 4.74 Å². The standard InChI is InChI=1S/C23H24FN3O2S/c1-2-29-20-10-4-17(5-11-20)22-25-21(16-30-22)23(28)27-13-3-12-26(14-15-27)19-8-6-18(24)7-9-19/h4-11,16H,2-3,12-15H2,1H3. The number of halogens is 1. The highest BCUT2D eigenvalue weighted by Crippen LogP contribution is 2.26. The average molecular weight is 426 g/mol. The zero-order chi connectivity index (χ0) is 20.9. The third-order valence-corrected chi connectivity index (χ3v) is 6.00. The lowest BCUT2D eigenvalue weighted by Gasteiger charge is -2.23. The lowest BCUT2D eigenvalue weighted by molar-refractivity contribution is 0.0762. The molecule has 7 heteroatoms. The summed E-state index contributed by atoms with van der Waals surface area (Å²) in [4.78, 5) is 21.6. The fraction of sp³-hybridized carbons (Fsp3) is 0.304. The largest absolute Gasteiger partial charge is 0.494 e. The van der Waals surface area contributed by atoms with E-state index in [1.807, 2.05) is 41.5 Å². The van der Waals surface area contributed by atoms with Gasteiger partial charge in [0.2, 0.25) is 0 Å². The van der Waals surface area contributed by atoms with E-state index in [1.54, 1.807) is 12.1 Å². The highest BCUT2D eigenvalue weighted by molar-refractivity contribution is 7.13. The molecule has 0 bridgehead atoms. The molecule has 156 valence electrons. The van der Waals surface area contributed by atoms with Crippen molar-refractivity contribution in [3.8, 4) is 16.3 Å². The lowest BCUT2D eigenvalue weighted by atomic mass is 10.2. The van der Waals surface area contributed by atoms with Crippen molar-refractivity contribution in [1.82, 2.24) is 9.88 Å². The highest BCUT2D eigenvalue weighted by Gasteiger charge is 2.22. The Morgan fingerprint density at radius 1 is 1.07 bits per heavy atom. The first-order valence-corrected chi connectivity index (χ1v) is 11.0. The Hall–Kier alpha value is -2.93. The fourth-order valence-corrected chi connectivity index (χ4v) is 4.36. The normalized spacial score (nSPS) is 14.5. The number of carbonyl (C=O) groups excluding carboxylic acids is 1. The van der Waals surface area contributed by atoms with Crippen LogP contribution in [0, 0.1) is 5.82 Å². The van der Waals surface area contributed by atoms with Crippen LogP contribution in [0.5, 0.6) is 5.75 Å². The topological polar surface area (TPSA) is 45.7 Å². The number of aromatic nitrogens is 1. The van der Waals surface area contributed by atoms with Gasteiger partial charge in [0.05, 0.1) is 6.61 Å². The number of hydrogen-bond donors (Lipinski definition) is 0. The molecule has 5 nitrogen and oxygen atoms in total. The summed E-state index contributed by atoms with van der Waals surface area (Å²) in [6.07, 6.45) is 0.860. The molecular weight excluding hydrogens is 401 g/mol. The van der Waals surface area contributed by atoms with Crippen molar-refractivity contribution >= 4 is 22.9 Å². The van der Waals surface area contributed by atoms with Gasteiger partial charge in [0.25, 0.3) is 5.91 Å². The van der Waals surface area contributed by atoms with E-state index in [0.29, 0.717) is 31.9 Å². The minimum atomic E-state index is -0.239. The maximum absolute atomic E-state index is 13.2. The van der Waals surface area contributed by atoms with Gasteiger partial charge in [-0.25, -0.2) is 9.37 Å². The molecule has 2 aromatic carbocycles. The molecule has 0 radical (unpaired) electrons. The lowest BCUT2D eigenvalue weighted by Crippen LogP contribution is -2.35. The second kappa shape index (κ2) is 9.26. The Balaban J connectivity index is 1.41. The van der Waals surface area contributed by atoms with Gasteiger partial charge in [-0.2, -0.15) is 0 Å². The van der Waals surface area contributed by atoms with Gasteiger partial charge in [-0.05, 0) is 61.9 Å². The molecule has 1 amide bonds. The summed E-state index contributed by atoms with van der Waals surface area (Å²) < 4.78 is 18.7. The van der Waals surface area contributed by atoms with Crippen LogP contribution in [0.15, 0.2) is 53.9 Å². The maximum Gasteiger partial charge on any atom is 0.273 e. The van der Waals surface area contributed by atoms with Crippen LogP contribution < -0.4 is 9.64 Å². The molecule has 1 fully saturated rings. The number of nitrogens with zero attached hydrogens (tertiary/aromatic N) is 3. The van der Waals surface area contributed by atoms with E-state index in [-0.39, 0.29) is 11.7 Å². The molecule has 30 heavy (non-hydrogen) atoms. The van der Waals surface area contributed by atoms with Crippen LogP contribution in [-0.4, -0.2) is 48.6 Å². The van der Waals surface area contributed by atoms with Crippen LogP contribution in [0.25, 0.3) is 10.6 Å². The van der Waals surface area contributed by atoms with E-state index in [9.17, 15) is 9.18 Å². The van der Waals surface area contributed by atoms with Gasteiger partial charge in [-0.15, -0.1) is 11.3 Å². The second-order valence-electron chi connectivity index (χ2n) is 7.10. The fourth-order valence-electron chi connectivity index (χ4n) is 3.56. The maximum atomic E-state index is 13.2. The number of ether oxygens (including phenoxy) is 1. The molecule has 0 N–H and O–H groups in total. The Morgan fingerprint density at radius 3 is 2.57 bits per heavy atom. The summed E-state index contributed by atoms with van der Waals surface area (Å²) in [5.74, 6) is 0.547. The predicted molar refractivity (Wildman–Crippen MR) is 118 cm³/mol. The first-order valence-electron chi connectivity index (χ1n) is 10.1. The number of carbonyl (C=O) groups is 1. The number of rotatable bonds is 5. The van der Waals surface area contributed by atoms with Crippen LogP contribution in [-0.2, 0) is 0 Å². The summed E-state index contributed by atoms with van der Waals surface area (Å²) in [5, 5.41) is 2.65. The number of amides is 1. The molecule has 1 saturated heterocycles. The number of thiazole rings is 1. The molecule has 1 aliphatic heterocycles. The van der Waals surface area contributed by atoms with Crippen LogP contribution in [0.1, 0.15) is 23.8 Å². The van der Waals surface area contributed by atoms with E-state index in [0.717, 1.165) is 35.0 Å². The smallest absolute Gasteiger partial charge is 0.273 e. The van der Waals surface area contributed by atoms with Crippen LogP contribution >= 0.6 is 11.3 Å². The van der Waals surface area contributed by atoms with Crippen molar-refractivity contribution in [1.29, 1.82) is 0 Å². The summed E-state index contributed by atoms with van der Waals surface area (Å²) in [6.45, 7) is 5.44. The van der Waals surface area contributed by atoms with Gasteiger partial charge in [-0.1, -0.05) is 0 Å². The highest BCUT2D eigenvalue weighted by atomic mass is 32.1. The van der Waals surface area contributed by atoms with Gasteiger partial charge in [0, 0.05) is 42.8 Å². The summed E-state index contributed by atoms with van der Waals surface area (Å²) in [6, 6.07) is 14.3. The predicted octanol–water partition coefficient (Wildman–Crippen LogP) is 4.70. The van der Waals surface area contributed by atoms with Gasteiger partial charge >= 0.3 is 0 Å². The van der Waals surface area contributed by atoms with Crippen molar-refractivity contribution in [3.05, 3.63) is 65.4 Å². The summed E-state index contributed by atoms with van der Waals surface area (Å²) >= 11 is 1.47. The van der Waals surface area contributed by atoms with Crippen LogP contribution in [0.4, 0.5) is 10.1 Å². The third-order valence-electron chi connectivity index (χ3n) is 5.11. The Bertz CT molecular complexity index is 988. The van der Waals surface area contributed by atoms with Crippen molar-refractivity contribution in [2.24, 2.45) is 0 Å². The van der Waals surface area contributed by atoms with Crippen molar-refractivity contribution in [2.45, 2.75) is 13.3 Å². The molecular formula is C23H24FN3O2S. The second-order valence-corrected chi connectivity index (χ2v) is 7.96. The first kappa shape index (κ1) is 20.3. The van der Waals surface area contributed by atoms with Gasteiger partial charge in [-0.3, -0.25) is 4.79 Å². The molecule has 0 aliphatic carbocycles. The van der Waals surface area contributed by atoms with E-state index < -0.39 is 0 Å². The minimum Gasteiger partial charge on any atom is -0.494 e. The van der Waals surface area contributed by atoms with E-state index >= 15 is 0 Å². The van der Waals surface area contributed by atoms with Crippen LogP contribution in [0.3, 0.4) is 0 Å². The third kappa shape index (κ3) is 4.62. The number of hydrogen-bond acceptors (Lipinski definition) is 5. The minimum absolute atomic E-state index is 0.0376. The Kier molecular flexibility index (Phi) is 6.28. The Morgan fingerprint density at radius 2 is 1.83 bits per heavy atom. The molecule has 4 rings (SSSR count).